The van der Waals surface area contributed by atoms with E-state index in [0.717, 1.165) is 0 Å². The Morgan fingerprint density at radius 2 is 2.15 bits per heavy atom. The molecule has 0 atom stereocenters. The molecule has 2 heterocycles. The van der Waals surface area contributed by atoms with Gasteiger partial charge in [-0.3, -0.25) is 9.59 Å². The van der Waals surface area contributed by atoms with Crippen LogP contribution in [0.3, 0.4) is 0 Å². The molecule has 106 valence electrons. The van der Waals surface area contributed by atoms with E-state index in [1.165, 1.54) is 15.3 Å². The Hall–Kier alpha value is -2.51. The maximum atomic E-state index is 11.6. The van der Waals surface area contributed by atoms with E-state index >= 15 is 0 Å². The van der Waals surface area contributed by atoms with Crippen molar-refractivity contribution in [3.8, 4) is 11.4 Å². The van der Waals surface area contributed by atoms with Gasteiger partial charge in [0.2, 0.25) is 0 Å². The maximum absolute atomic E-state index is 11.6. The number of carboxylic acid groups (broad SMARTS) is 1. The van der Waals surface area contributed by atoms with Crippen molar-refractivity contribution in [1.29, 1.82) is 0 Å². The van der Waals surface area contributed by atoms with Gasteiger partial charge in [-0.2, -0.15) is 0 Å². The fourth-order valence-electron chi connectivity index (χ4n) is 1.65. The molecular weight excluding hydrogens is 262 g/mol. The zero-order valence-electron chi connectivity index (χ0n) is 11.4. The number of aryl methyl sites for hydroxylation is 1. The minimum Gasteiger partial charge on any atom is -0.481 e. The largest absolute Gasteiger partial charge is 0.481 e. The summed E-state index contributed by atoms with van der Waals surface area (Å²) in [4.78, 5) is 22.8. The topological polar surface area (TPSA) is 103 Å². The molecule has 0 bridgehead atoms. The minimum absolute atomic E-state index is 0.111. The highest BCUT2D eigenvalue weighted by atomic mass is 16.4. The van der Waals surface area contributed by atoms with Crippen molar-refractivity contribution in [2.24, 2.45) is 12.5 Å². The summed E-state index contributed by atoms with van der Waals surface area (Å²) in [7, 11) is 1.64. The molecule has 0 aliphatic carbocycles. The van der Waals surface area contributed by atoms with Crippen molar-refractivity contribution in [2.45, 2.75) is 20.4 Å². The lowest BCUT2D eigenvalue weighted by Gasteiger charge is -2.19. The number of pyridine rings is 1. The van der Waals surface area contributed by atoms with Crippen LogP contribution in [0.25, 0.3) is 11.4 Å². The smallest absolute Gasteiger partial charge is 0.310 e. The lowest BCUT2D eigenvalue weighted by molar-refractivity contribution is -0.147. The first-order valence-corrected chi connectivity index (χ1v) is 5.98. The van der Waals surface area contributed by atoms with E-state index in [-0.39, 0.29) is 12.1 Å². The Bertz CT molecular complexity index is 701. The van der Waals surface area contributed by atoms with Gasteiger partial charge < -0.3 is 9.67 Å². The summed E-state index contributed by atoms with van der Waals surface area (Å²) < 4.78 is 2.82. The van der Waals surface area contributed by atoms with Gasteiger partial charge in [0.15, 0.2) is 5.82 Å². The zero-order chi connectivity index (χ0) is 14.9. The lowest BCUT2D eigenvalue weighted by Crippen LogP contribution is -2.30. The highest BCUT2D eigenvalue weighted by molar-refractivity contribution is 5.73. The standard InChI is InChI=1S/C12H15N5O3/c1-12(2,11(19)20)7-17-10(13-14-15-17)8-4-5-16(3)9(18)6-8/h4-6H,7H2,1-3H3,(H,19,20). The van der Waals surface area contributed by atoms with Crippen molar-refractivity contribution < 1.29 is 9.90 Å². The van der Waals surface area contributed by atoms with Gasteiger partial charge in [-0.05, 0) is 30.3 Å². The molecule has 20 heavy (non-hydrogen) atoms. The van der Waals surface area contributed by atoms with Crippen LogP contribution in [0, 0.1) is 5.41 Å². The van der Waals surface area contributed by atoms with Crippen molar-refractivity contribution in [2.75, 3.05) is 0 Å². The summed E-state index contributed by atoms with van der Waals surface area (Å²) in [5.74, 6) is -0.569. The molecule has 0 amide bonds. The quantitative estimate of drug-likeness (QED) is 0.853. The van der Waals surface area contributed by atoms with Gasteiger partial charge in [-0.25, -0.2) is 4.68 Å². The van der Waals surface area contributed by atoms with E-state index in [1.807, 2.05) is 0 Å². The van der Waals surface area contributed by atoms with Crippen LogP contribution in [0.15, 0.2) is 23.1 Å². The van der Waals surface area contributed by atoms with E-state index in [4.69, 9.17) is 5.11 Å². The van der Waals surface area contributed by atoms with Crippen LogP contribution in [0.2, 0.25) is 0 Å². The Balaban J connectivity index is 2.40. The molecule has 8 nitrogen and oxygen atoms in total. The summed E-state index contributed by atoms with van der Waals surface area (Å²) in [5, 5.41) is 20.4. The van der Waals surface area contributed by atoms with Gasteiger partial charge in [-0.15, -0.1) is 5.10 Å². The fraction of sp³-hybridized carbons (Fsp3) is 0.417. The summed E-state index contributed by atoms with van der Waals surface area (Å²) >= 11 is 0. The molecule has 0 unspecified atom stereocenters. The van der Waals surface area contributed by atoms with Crippen LogP contribution >= 0.6 is 0 Å². The normalized spacial score (nSPS) is 11.6. The maximum Gasteiger partial charge on any atom is 0.310 e. The molecule has 0 radical (unpaired) electrons. The van der Waals surface area contributed by atoms with Crippen LogP contribution in [-0.2, 0) is 18.4 Å². The number of hydrogen-bond acceptors (Lipinski definition) is 5. The summed E-state index contributed by atoms with van der Waals surface area (Å²) in [6.07, 6.45) is 1.61. The van der Waals surface area contributed by atoms with Crippen molar-refractivity contribution in [3.05, 3.63) is 28.7 Å². The molecule has 1 N–H and O–H groups in total. The van der Waals surface area contributed by atoms with Crippen LogP contribution in [-0.4, -0.2) is 35.9 Å². The van der Waals surface area contributed by atoms with E-state index in [0.29, 0.717) is 11.4 Å². The third-order valence-corrected chi connectivity index (χ3v) is 3.02. The lowest BCUT2D eigenvalue weighted by atomic mass is 9.94. The summed E-state index contributed by atoms with van der Waals surface area (Å²) in [6, 6.07) is 3.12. The SMILES string of the molecule is Cn1ccc(-c2nnnn2CC(C)(C)C(=O)O)cc1=O. The molecule has 0 aliphatic heterocycles. The molecule has 0 fully saturated rings. The summed E-state index contributed by atoms with van der Waals surface area (Å²) in [5.41, 5.74) is -0.641. The second-order valence-corrected chi connectivity index (χ2v) is 5.21. The average molecular weight is 277 g/mol. The molecule has 0 aromatic carbocycles. The summed E-state index contributed by atoms with van der Waals surface area (Å²) in [6.45, 7) is 3.29. The highest BCUT2D eigenvalue weighted by Crippen LogP contribution is 2.21. The van der Waals surface area contributed by atoms with Crippen LogP contribution in [0.5, 0.6) is 0 Å². The van der Waals surface area contributed by atoms with Crippen LogP contribution in [0.1, 0.15) is 13.8 Å². The van der Waals surface area contributed by atoms with E-state index in [9.17, 15) is 9.59 Å². The van der Waals surface area contributed by atoms with E-state index in [1.54, 1.807) is 33.2 Å². The third-order valence-electron chi connectivity index (χ3n) is 3.02. The fourth-order valence-corrected chi connectivity index (χ4v) is 1.65. The van der Waals surface area contributed by atoms with Gasteiger partial charge in [0, 0.05) is 24.9 Å². The first-order chi connectivity index (χ1) is 9.31. The monoisotopic (exact) mass is 277 g/mol. The number of carboxylic acids is 1. The van der Waals surface area contributed by atoms with E-state index in [2.05, 4.69) is 15.5 Å². The van der Waals surface area contributed by atoms with Crippen molar-refractivity contribution in [1.82, 2.24) is 24.8 Å². The molecule has 0 saturated carbocycles. The molecule has 2 aromatic rings. The van der Waals surface area contributed by atoms with Crippen LogP contribution < -0.4 is 5.56 Å². The van der Waals surface area contributed by atoms with Crippen molar-refractivity contribution >= 4 is 5.97 Å². The van der Waals surface area contributed by atoms with Crippen molar-refractivity contribution in [3.63, 3.8) is 0 Å². The first-order valence-electron chi connectivity index (χ1n) is 5.98. The second kappa shape index (κ2) is 4.87. The predicted molar refractivity (Wildman–Crippen MR) is 69.9 cm³/mol. The van der Waals surface area contributed by atoms with Gasteiger partial charge in [0.05, 0.1) is 12.0 Å². The number of hydrogen-bond donors (Lipinski definition) is 1. The Morgan fingerprint density at radius 3 is 2.75 bits per heavy atom. The molecule has 0 spiro atoms. The number of nitrogens with zero attached hydrogens (tertiary/aromatic N) is 5. The number of aliphatic carboxylic acids is 1. The van der Waals surface area contributed by atoms with Gasteiger partial charge in [-0.1, -0.05) is 0 Å². The number of rotatable bonds is 4. The minimum atomic E-state index is -1.01. The number of carbonyl (C=O) groups is 1. The number of aromatic nitrogens is 5. The zero-order valence-corrected chi connectivity index (χ0v) is 11.4. The van der Waals surface area contributed by atoms with E-state index < -0.39 is 11.4 Å². The molecule has 0 saturated heterocycles. The molecular formula is C12H15N5O3. The first kappa shape index (κ1) is 13.9. The number of tetrazole rings is 1. The molecule has 2 aromatic heterocycles. The Labute approximate surface area is 114 Å². The third kappa shape index (κ3) is 2.58. The molecule has 0 aliphatic rings. The average Bonchev–Trinajstić information content (AvgIpc) is 2.80. The molecule has 2 rings (SSSR count). The van der Waals surface area contributed by atoms with Gasteiger partial charge in [0.1, 0.15) is 0 Å². The predicted octanol–water partition coefficient (Wildman–Crippen LogP) is 0.150. The Morgan fingerprint density at radius 1 is 1.45 bits per heavy atom. The molecule has 8 heteroatoms. The Kier molecular flexibility index (Phi) is 3.39. The van der Waals surface area contributed by atoms with Crippen LogP contribution in [0.4, 0.5) is 0 Å². The van der Waals surface area contributed by atoms with Gasteiger partial charge >= 0.3 is 5.97 Å². The second-order valence-electron chi connectivity index (χ2n) is 5.21. The van der Waals surface area contributed by atoms with Gasteiger partial charge in [0.25, 0.3) is 5.56 Å². The highest BCUT2D eigenvalue weighted by Gasteiger charge is 2.29.